The number of rotatable bonds is 4. The molecule has 2 amide bonds. The molecule has 1 aromatic carbocycles. The van der Waals surface area contributed by atoms with Crippen LogP contribution in [0.3, 0.4) is 0 Å². The van der Waals surface area contributed by atoms with Crippen molar-refractivity contribution in [2.24, 2.45) is 5.10 Å². The van der Waals surface area contributed by atoms with Crippen molar-refractivity contribution in [1.82, 2.24) is 10.7 Å². The highest BCUT2D eigenvalue weighted by atomic mass is 16.5. The summed E-state index contributed by atoms with van der Waals surface area (Å²) >= 11 is 0. The van der Waals surface area contributed by atoms with Crippen LogP contribution in [-0.4, -0.2) is 31.2 Å². The summed E-state index contributed by atoms with van der Waals surface area (Å²) in [5, 5.41) is 6.53. The van der Waals surface area contributed by atoms with Crippen LogP contribution in [0.4, 0.5) is 0 Å². The first kappa shape index (κ1) is 16.0. The molecule has 0 bridgehead atoms. The standard InChI is InChI=1S/C16H21N3O3/c1-22-14-9-7-12(8-10-14)11-17-19-16(21)15(20)18-13-5-3-2-4-6-13/h7-11,13H,2-6H2,1H3,(H,18,20)(H,19,21). The van der Waals surface area contributed by atoms with Gasteiger partial charge in [-0.2, -0.15) is 5.10 Å². The number of hydrazone groups is 1. The van der Waals surface area contributed by atoms with Crippen molar-refractivity contribution in [1.29, 1.82) is 0 Å². The SMILES string of the molecule is COc1ccc(C=NNC(=O)C(=O)NC2CCCCC2)cc1. The van der Waals surface area contributed by atoms with Crippen LogP contribution in [0.15, 0.2) is 29.4 Å². The molecule has 1 aromatic rings. The molecule has 6 nitrogen and oxygen atoms in total. The number of nitrogens with one attached hydrogen (secondary N) is 2. The average molecular weight is 303 g/mol. The fourth-order valence-electron chi connectivity index (χ4n) is 2.40. The van der Waals surface area contributed by atoms with Crippen LogP contribution in [0.25, 0.3) is 0 Å². The van der Waals surface area contributed by atoms with Crippen LogP contribution < -0.4 is 15.5 Å². The van der Waals surface area contributed by atoms with E-state index in [1.165, 1.54) is 12.6 Å². The van der Waals surface area contributed by atoms with E-state index in [0.717, 1.165) is 37.0 Å². The van der Waals surface area contributed by atoms with E-state index >= 15 is 0 Å². The minimum Gasteiger partial charge on any atom is -0.497 e. The number of nitrogens with zero attached hydrogens (tertiary/aromatic N) is 1. The van der Waals surface area contributed by atoms with E-state index in [4.69, 9.17) is 4.74 Å². The topological polar surface area (TPSA) is 79.8 Å². The lowest BCUT2D eigenvalue weighted by Gasteiger charge is -2.22. The van der Waals surface area contributed by atoms with Gasteiger partial charge in [-0.1, -0.05) is 19.3 Å². The van der Waals surface area contributed by atoms with Gasteiger partial charge in [-0.25, -0.2) is 5.43 Å². The third-order valence-corrected chi connectivity index (χ3v) is 3.64. The highest BCUT2D eigenvalue weighted by Gasteiger charge is 2.19. The molecule has 2 N–H and O–H groups in total. The Hall–Kier alpha value is -2.37. The van der Waals surface area contributed by atoms with Gasteiger partial charge in [0.1, 0.15) is 5.75 Å². The molecular weight excluding hydrogens is 282 g/mol. The maximum atomic E-state index is 11.7. The molecule has 22 heavy (non-hydrogen) atoms. The zero-order valence-corrected chi connectivity index (χ0v) is 12.7. The molecule has 2 rings (SSSR count). The van der Waals surface area contributed by atoms with E-state index in [-0.39, 0.29) is 6.04 Å². The van der Waals surface area contributed by atoms with Gasteiger partial charge in [0.25, 0.3) is 0 Å². The first-order chi connectivity index (χ1) is 10.7. The second kappa shape index (κ2) is 8.17. The van der Waals surface area contributed by atoms with Crippen molar-refractivity contribution in [2.75, 3.05) is 7.11 Å². The predicted octanol–water partition coefficient (Wildman–Crippen LogP) is 1.59. The van der Waals surface area contributed by atoms with Gasteiger partial charge < -0.3 is 10.1 Å². The van der Waals surface area contributed by atoms with E-state index in [1.54, 1.807) is 31.4 Å². The molecule has 1 aliphatic carbocycles. The Bertz CT molecular complexity index is 534. The Morgan fingerprint density at radius 3 is 2.45 bits per heavy atom. The van der Waals surface area contributed by atoms with Crippen LogP contribution in [0.1, 0.15) is 37.7 Å². The van der Waals surface area contributed by atoms with Crippen LogP contribution in [0.2, 0.25) is 0 Å². The lowest BCUT2D eigenvalue weighted by molar-refractivity contribution is -0.139. The maximum absolute atomic E-state index is 11.7. The Morgan fingerprint density at radius 2 is 1.82 bits per heavy atom. The molecule has 1 aliphatic rings. The van der Waals surface area contributed by atoms with Gasteiger partial charge in [0.05, 0.1) is 13.3 Å². The highest BCUT2D eigenvalue weighted by molar-refractivity contribution is 6.35. The van der Waals surface area contributed by atoms with Crippen LogP contribution in [-0.2, 0) is 9.59 Å². The summed E-state index contributed by atoms with van der Waals surface area (Å²) in [7, 11) is 1.59. The monoisotopic (exact) mass is 303 g/mol. The second-order valence-electron chi connectivity index (χ2n) is 5.28. The van der Waals surface area contributed by atoms with Crippen LogP contribution in [0, 0.1) is 0 Å². The van der Waals surface area contributed by atoms with Crippen molar-refractivity contribution in [3.8, 4) is 5.75 Å². The number of hydrogen-bond donors (Lipinski definition) is 2. The van der Waals surface area contributed by atoms with Crippen molar-refractivity contribution in [2.45, 2.75) is 38.1 Å². The molecule has 0 atom stereocenters. The Kier molecular flexibility index (Phi) is 5.94. The molecule has 6 heteroatoms. The van der Waals surface area contributed by atoms with Crippen molar-refractivity contribution in [3.63, 3.8) is 0 Å². The number of methoxy groups -OCH3 is 1. The zero-order valence-electron chi connectivity index (χ0n) is 12.7. The van der Waals surface area contributed by atoms with Gasteiger partial charge in [0, 0.05) is 6.04 Å². The van der Waals surface area contributed by atoms with Crippen molar-refractivity contribution in [3.05, 3.63) is 29.8 Å². The minimum atomic E-state index is -0.740. The van der Waals surface area contributed by atoms with Gasteiger partial charge in [0.2, 0.25) is 0 Å². The predicted molar refractivity (Wildman–Crippen MR) is 83.7 cm³/mol. The molecule has 118 valence electrons. The molecule has 0 spiro atoms. The van der Waals surface area contributed by atoms with E-state index in [0.29, 0.717) is 0 Å². The van der Waals surface area contributed by atoms with Crippen LogP contribution >= 0.6 is 0 Å². The molecule has 0 heterocycles. The van der Waals surface area contributed by atoms with E-state index < -0.39 is 11.8 Å². The summed E-state index contributed by atoms with van der Waals surface area (Å²) in [6.45, 7) is 0. The molecule has 1 fully saturated rings. The smallest absolute Gasteiger partial charge is 0.329 e. The average Bonchev–Trinajstić information content (AvgIpc) is 2.56. The maximum Gasteiger partial charge on any atom is 0.329 e. The first-order valence-corrected chi connectivity index (χ1v) is 7.47. The largest absolute Gasteiger partial charge is 0.497 e. The van der Waals surface area contributed by atoms with E-state index in [9.17, 15) is 9.59 Å². The quantitative estimate of drug-likeness (QED) is 0.503. The molecule has 0 radical (unpaired) electrons. The van der Waals surface area contributed by atoms with Gasteiger partial charge in [-0.3, -0.25) is 9.59 Å². The van der Waals surface area contributed by atoms with Gasteiger partial charge >= 0.3 is 11.8 Å². The van der Waals surface area contributed by atoms with Gasteiger partial charge in [-0.05, 0) is 42.7 Å². The van der Waals surface area contributed by atoms with Crippen molar-refractivity contribution >= 4 is 18.0 Å². The zero-order chi connectivity index (χ0) is 15.8. The molecule has 1 saturated carbocycles. The third kappa shape index (κ3) is 4.87. The summed E-state index contributed by atoms with van der Waals surface area (Å²) in [4.78, 5) is 23.4. The van der Waals surface area contributed by atoms with Crippen LogP contribution in [0.5, 0.6) is 5.75 Å². The normalized spacial score (nSPS) is 15.5. The third-order valence-electron chi connectivity index (χ3n) is 3.64. The van der Waals surface area contributed by atoms with Gasteiger partial charge in [0.15, 0.2) is 0 Å². The molecular formula is C16H21N3O3. The summed E-state index contributed by atoms with van der Waals surface area (Å²) in [6, 6.07) is 7.29. The van der Waals surface area contributed by atoms with E-state index in [2.05, 4.69) is 15.8 Å². The first-order valence-electron chi connectivity index (χ1n) is 7.47. The fourth-order valence-corrected chi connectivity index (χ4v) is 2.40. The summed E-state index contributed by atoms with van der Waals surface area (Å²) < 4.78 is 5.05. The Morgan fingerprint density at radius 1 is 1.14 bits per heavy atom. The molecule has 0 aromatic heterocycles. The van der Waals surface area contributed by atoms with Gasteiger partial charge in [-0.15, -0.1) is 0 Å². The number of carbonyl (C=O) groups is 2. The van der Waals surface area contributed by atoms with Crippen molar-refractivity contribution < 1.29 is 14.3 Å². The molecule has 0 unspecified atom stereocenters. The second-order valence-corrected chi connectivity index (χ2v) is 5.28. The highest BCUT2D eigenvalue weighted by Crippen LogP contribution is 2.17. The number of carbonyl (C=O) groups excluding carboxylic acids is 2. The number of benzene rings is 1. The minimum absolute atomic E-state index is 0.109. The molecule has 0 aliphatic heterocycles. The molecule has 0 saturated heterocycles. The van der Waals surface area contributed by atoms with E-state index in [1.807, 2.05) is 0 Å². The fraction of sp³-hybridized carbons (Fsp3) is 0.438. The number of amides is 2. The number of hydrogen-bond acceptors (Lipinski definition) is 4. The summed E-state index contributed by atoms with van der Waals surface area (Å²) in [5.74, 6) is -0.623. The number of ether oxygens (including phenoxy) is 1. The lowest BCUT2D eigenvalue weighted by Crippen LogP contribution is -2.44. The Labute approximate surface area is 129 Å². The Balaban J connectivity index is 1.77. The lowest BCUT2D eigenvalue weighted by atomic mass is 9.95. The summed E-state index contributed by atoms with van der Waals surface area (Å²) in [5.41, 5.74) is 3.04. The summed E-state index contributed by atoms with van der Waals surface area (Å²) in [6.07, 6.45) is 6.75.